The number of aliphatic carboxylic acids is 1. The molecule has 8 heteroatoms. The van der Waals surface area contributed by atoms with Crippen molar-refractivity contribution in [3.05, 3.63) is 34.9 Å². The van der Waals surface area contributed by atoms with Crippen LogP contribution in [0.4, 0.5) is 0 Å². The molecular weight excluding hydrogens is 326 g/mol. The van der Waals surface area contributed by atoms with E-state index in [0.717, 1.165) is 12.8 Å². The Hall–Kier alpha value is -2.45. The summed E-state index contributed by atoms with van der Waals surface area (Å²) in [4.78, 5) is 28.1. The van der Waals surface area contributed by atoms with Crippen molar-refractivity contribution in [1.82, 2.24) is 5.48 Å². The van der Waals surface area contributed by atoms with E-state index < -0.39 is 18.0 Å². The van der Waals surface area contributed by atoms with Crippen LogP contribution in [0.15, 0.2) is 18.2 Å². The van der Waals surface area contributed by atoms with E-state index in [0.29, 0.717) is 29.7 Å². The van der Waals surface area contributed by atoms with Gasteiger partial charge in [0.1, 0.15) is 5.84 Å². The molecule has 1 saturated heterocycles. The smallest absolute Gasteiger partial charge is 0.338 e. The fourth-order valence-corrected chi connectivity index (χ4v) is 2.66. The van der Waals surface area contributed by atoms with Crippen LogP contribution in [0.2, 0.25) is 0 Å². The number of hydrogen-bond acceptors (Lipinski definition) is 6. The van der Waals surface area contributed by atoms with E-state index in [4.69, 9.17) is 25.8 Å². The van der Waals surface area contributed by atoms with Gasteiger partial charge in [-0.3, -0.25) is 15.0 Å². The van der Waals surface area contributed by atoms with Gasteiger partial charge in [0.2, 0.25) is 0 Å². The molecule has 0 saturated carbocycles. The zero-order chi connectivity index (χ0) is 18.4. The maximum absolute atomic E-state index is 12.1. The Morgan fingerprint density at radius 1 is 1.48 bits per heavy atom. The molecule has 0 amide bonds. The molecule has 1 aromatic carbocycles. The zero-order valence-electron chi connectivity index (χ0n) is 14.1. The number of amidine groups is 1. The topological polar surface area (TPSA) is 135 Å². The molecule has 0 bridgehead atoms. The molecule has 0 aromatic heterocycles. The first-order valence-electron chi connectivity index (χ1n) is 8.20. The number of hydrogen-bond donors (Lipinski definition) is 4. The molecule has 1 aromatic rings. The molecular formula is C17H23N3O5. The summed E-state index contributed by atoms with van der Waals surface area (Å²) < 4.78 is 5.17. The van der Waals surface area contributed by atoms with Crippen molar-refractivity contribution in [1.29, 1.82) is 5.41 Å². The Bertz CT molecular complexity index is 662. The summed E-state index contributed by atoms with van der Waals surface area (Å²) in [5.41, 5.74) is 9.85. The number of nitrogens with one attached hydrogen (secondary N) is 2. The van der Waals surface area contributed by atoms with Crippen molar-refractivity contribution in [2.24, 2.45) is 5.73 Å². The molecule has 8 nitrogen and oxygen atoms in total. The number of carbonyl (C=O) groups excluding carboxylic acids is 1. The molecule has 0 aliphatic carbocycles. The van der Waals surface area contributed by atoms with Crippen molar-refractivity contribution in [3.63, 3.8) is 0 Å². The van der Waals surface area contributed by atoms with Crippen molar-refractivity contribution in [3.8, 4) is 0 Å². The number of carbonyl (C=O) groups is 2. The normalized spacial score (nSPS) is 19.6. The summed E-state index contributed by atoms with van der Waals surface area (Å²) in [5.74, 6) is -1.58. The van der Waals surface area contributed by atoms with Crippen LogP contribution in [0, 0.1) is 5.41 Å². The predicted molar refractivity (Wildman–Crippen MR) is 90.3 cm³/mol. The van der Waals surface area contributed by atoms with E-state index in [1.54, 1.807) is 12.1 Å². The summed E-state index contributed by atoms with van der Waals surface area (Å²) in [5, 5.41) is 16.6. The van der Waals surface area contributed by atoms with Gasteiger partial charge in [0.15, 0.2) is 0 Å². The molecule has 1 aliphatic rings. The molecule has 5 N–H and O–H groups in total. The Morgan fingerprint density at radius 3 is 2.88 bits per heavy atom. The minimum atomic E-state index is -0.940. The van der Waals surface area contributed by atoms with Crippen molar-refractivity contribution < 1.29 is 24.3 Å². The molecule has 1 fully saturated rings. The number of rotatable bonds is 8. The van der Waals surface area contributed by atoms with E-state index in [9.17, 15) is 9.59 Å². The van der Waals surface area contributed by atoms with Crippen molar-refractivity contribution in [2.45, 2.75) is 44.8 Å². The van der Waals surface area contributed by atoms with Crippen LogP contribution in [0.3, 0.4) is 0 Å². The van der Waals surface area contributed by atoms with Crippen LogP contribution in [0.25, 0.3) is 0 Å². The molecule has 136 valence electrons. The molecule has 25 heavy (non-hydrogen) atoms. The number of carboxylic acids is 1. The molecule has 1 heterocycles. The minimum Gasteiger partial charge on any atom is -0.481 e. The van der Waals surface area contributed by atoms with Crippen LogP contribution in [0.5, 0.6) is 0 Å². The maximum Gasteiger partial charge on any atom is 0.338 e. The van der Waals surface area contributed by atoms with Crippen LogP contribution in [-0.2, 0) is 14.4 Å². The van der Waals surface area contributed by atoms with E-state index in [1.165, 1.54) is 6.07 Å². The van der Waals surface area contributed by atoms with Gasteiger partial charge in [0, 0.05) is 5.56 Å². The van der Waals surface area contributed by atoms with Gasteiger partial charge in [-0.2, -0.15) is 5.48 Å². The first kappa shape index (κ1) is 18.9. The largest absolute Gasteiger partial charge is 0.481 e. The highest BCUT2D eigenvalue weighted by atomic mass is 16.7. The molecule has 1 aliphatic heterocycles. The average Bonchev–Trinajstić information content (AvgIpc) is 3.01. The highest BCUT2D eigenvalue weighted by Gasteiger charge is 2.30. The lowest BCUT2D eigenvalue weighted by atomic mass is 9.94. The van der Waals surface area contributed by atoms with Gasteiger partial charge in [0.25, 0.3) is 0 Å². The lowest BCUT2D eigenvalue weighted by Gasteiger charge is -2.15. The highest BCUT2D eigenvalue weighted by Crippen LogP contribution is 2.30. The third-order valence-electron chi connectivity index (χ3n) is 3.96. The second-order valence-electron chi connectivity index (χ2n) is 5.95. The van der Waals surface area contributed by atoms with Gasteiger partial charge in [-0.15, -0.1) is 0 Å². The summed E-state index contributed by atoms with van der Waals surface area (Å²) in [7, 11) is 0. The lowest BCUT2D eigenvalue weighted by Crippen LogP contribution is -2.20. The number of esters is 1. The number of benzene rings is 1. The van der Waals surface area contributed by atoms with Crippen LogP contribution >= 0.6 is 0 Å². The monoisotopic (exact) mass is 349 g/mol. The summed E-state index contributed by atoms with van der Waals surface area (Å²) in [6.45, 7) is 2.35. The SMILES string of the molecule is CCCCOC(=O)c1ccc([C@@H]2C[C@H](CC(=O)O)ON2)c(C(=N)N)c1. The fraction of sp³-hybridized carbons (Fsp3) is 0.471. The maximum atomic E-state index is 12.1. The third kappa shape index (κ3) is 5.01. The summed E-state index contributed by atoms with van der Waals surface area (Å²) >= 11 is 0. The Morgan fingerprint density at radius 2 is 2.24 bits per heavy atom. The van der Waals surface area contributed by atoms with E-state index in [2.05, 4.69) is 5.48 Å². The lowest BCUT2D eigenvalue weighted by molar-refractivity contribution is -0.140. The molecule has 0 unspecified atom stereocenters. The van der Waals surface area contributed by atoms with E-state index >= 15 is 0 Å². The quantitative estimate of drug-likeness (QED) is 0.243. The van der Waals surface area contributed by atoms with E-state index in [-0.39, 0.29) is 18.3 Å². The van der Waals surface area contributed by atoms with Crippen LogP contribution in [0.1, 0.15) is 60.1 Å². The Kier molecular flexibility index (Phi) is 6.49. The van der Waals surface area contributed by atoms with Crippen LogP contribution in [-0.4, -0.2) is 35.6 Å². The van der Waals surface area contributed by atoms with Gasteiger partial charge in [-0.25, -0.2) is 4.79 Å². The number of carboxylic acid groups (broad SMARTS) is 1. The predicted octanol–water partition coefficient (Wildman–Crippen LogP) is 1.74. The number of nitrogen functional groups attached to an aromatic ring is 1. The standard InChI is InChI=1S/C17H23N3O5/c1-2-3-6-24-17(23)10-4-5-12(13(7-10)16(18)19)14-8-11(25-20-14)9-15(21)22/h4-5,7,11,14,20H,2-3,6,8-9H2,1H3,(H3,18,19)(H,21,22)/t11-,14+/m1/s1. The fourth-order valence-electron chi connectivity index (χ4n) is 2.66. The second kappa shape index (κ2) is 8.59. The van der Waals surface area contributed by atoms with Crippen molar-refractivity contribution >= 4 is 17.8 Å². The van der Waals surface area contributed by atoms with E-state index in [1.807, 2.05) is 6.92 Å². The number of hydroxylamine groups is 1. The Balaban J connectivity index is 2.15. The summed E-state index contributed by atoms with van der Waals surface area (Å²) in [6.07, 6.45) is 1.59. The molecule has 2 atom stereocenters. The highest BCUT2D eigenvalue weighted by molar-refractivity contribution is 5.99. The second-order valence-corrected chi connectivity index (χ2v) is 5.95. The average molecular weight is 349 g/mol. The van der Waals surface area contributed by atoms with Gasteiger partial charge < -0.3 is 15.6 Å². The molecule has 0 spiro atoms. The first-order chi connectivity index (χ1) is 11.9. The van der Waals surface area contributed by atoms with Gasteiger partial charge in [-0.05, 0) is 30.5 Å². The number of nitrogens with two attached hydrogens (primary N) is 1. The van der Waals surface area contributed by atoms with Crippen LogP contribution < -0.4 is 11.2 Å². The van der Waals surface area contributed by atoms with Crippen molar-refractivity contribution in [2.75, 3.05) is 6.61 Å². The zero-order valence-corrected chi connectivity index (χ0v) is 14.1. The summed E-state index contributed by atoms with van der Waals surface area (Å²) in [6, 6.07) is 4.53. The number of ether oxygens (including phenoxy) is 1. The molecule has 2 rings (SSSR count). The first-order valence-corrected chi connectivity index (χ1v) is 8.20. The Labute approximate surface area is 145 Å². The van der Waals surface area contributed by atoms with Gasteiger partial charge in [-0.1, -0.05) is 19.4 Å². The molecule has 0 radical (unpaired) electrons. The number of unbranched alkanes of at least 4 members (excludes halogenated alkanes) is 1. The third-order valence-corrected chi connectivity index (χ3v) is 3.96. The minimum absolute atomic E-state index is 0.110. The van der Waals surface area contributed by atoms with Gasteiger partial charge in [0.05, 0.1) is 30.7 Å². The van der Waals surface area contributed by atoms with Gasteiger partial charge >= 0.3 is 11.9 Å².